The summed E-state index contributed by atoms with van der Waals surface area (Å²) in [5.74, 6) is -0.557. The molecular weight excluding hydrogens is 420 g/mol. The molecule has 1 atom stereocenters. The van der Waals surface area contributed by atoms with E-state index in [2.05, 4.69) is 34.9 Å². The topological polar surface area (TPSA) is 105 Å². The van der Waals surface area contributed by atoms with Gasteiger partial charge in [-0.3, -0.25) is 9.59 Å². The molecule has 1 fully saturated rings. The average molecular weight is 451 g/mol. The Balaban J connectivity index is 1.26. The van der Waals surface area contributed by atoms with E-state index in [-0.39, 0.29) is 30.8 Å². The summed E-state index contributed by atoms with van der Waals surface area (Å²) in [6.45, 7) is 2.53. The van der Waals surface area contributed by atoms with Crippen LogP contribution in [0.2, 0.25) is 0 Å². The van der Waals surface area contributed by atoms with E-state index in [1.165, 1.54) is 0 Å². The minimum absolute atomic E-state index is 0.0329. The predicted molar refractivity (Wildman–Crippen MR) is 124 cm³/mol. The zero-order valence-electron chi connectivity index (χ0n) is 18.8. The van der Waals surface area contributed by atoms with Crippen LogP contribution in [0.1, 0.15) is 49.7 Å². The van der Waals surface area contributed by atoms with E-state index >= 15 is 0 Å². The number of carbonyl (C=O) groups excluding carboxylic acids is 2. The zero-order valence-corrected chi connectivity index (χ0v) is 18.8. The number of hydrogen-bond acceptors (Lipinski definition) is 4. The maximum atomic E-state index is 12.5. The van der Waals surface area contributed by atoms with Crippen molar-refractivity contribution in [1.29, 1.82) is 0 Å². The van der Waals surface area contributed by atoms with Crippen molar-refractivity contribution in [2.45, 2.75) is 44.6 Å². The smallest absolute Gasteiger partial charge is 0.407 e. The largest absolute Gasteiger partial charge is 0.481 e. The third kappa shape index (κ3) is 5.18. The van der Waals surface area contributed by atoms with Crippen molar-refractivity contribution in [2.75, 3.05) is 13.2 Å². The van der Waals surface area contributed by atoms with E-state index in [0.29, 0.717) is 18.9 Å². The highest BCUT2D eigenvalue weighted by Gasteiger charge is 2.32. The van der Waals surface area contributed by atoms with Gasteiger partial charge in [0.05, 0.1) is 0 Å². The van der Waals surface area contributed by atoms with Crippen LogP contribution in [0.15, 0.2) is 48.5 Å². The first-order chi connectivity index (χ1) is 16.0. The highest BCUT2D eigenvalue weighted by molar-refractivity contribution is 5.85. The second kappa shape index (κ2) is 10.1. The second-order valence-corrected chi connectivity index (χ2v) is 8.98. The van der Waals surface area contributed by atoms with Crippen LogP contribution in [0.25, 0.3) is 11.1 Å². The predicted octanol–water partition coefficient (Wildman–Crippen LogP) is 3.92. The number of hydrogen-bond donors (Lipinski definition) is 3. The minimum atomic E-state index is -0.777. The van der Waals surface area contributed by atoms with Crippen molar-refractivity contribution in [2.24, 2.45) is 11.8 Å². The van der Waals surface area contributed by atoms with Crippen LogP contribution in [0.5, 0.6) is 0 Å². The van der Waals surface area contributed by atoms with Crippen molar-refractivity contribution >= 4 is 18.0 Å². The quantitative estimate of drug-likeness (QED) is 0.537. The summed E-state index contributed by atoms with van der Waals surface area (Å²) in [5.41, 5.74) is 4.60. The molecule has 0 spiro atoms. The lowest BCUT2D eigenvalue weighted by Gasteiger charge is -2.34. The Bertz CT molecular complexity index is 985. The van der Waals surface area contributed by atoms with Gasteiger partial charge in [0.15, 0.2) is 0 Å². The van der Waals surface area contributed by atoms with Crippen molar-refractivity contribution in [1.82, 2.24) is 10.6 Å². The van der Waals surface area contributed by atoms with Crippen LogP contribution in [-0.4, -0.2) is 42.3 Å². The zero-order chi connectivity index (χ0) is 23.4. The Morgan fingerprint density at radius 2 is 1.61 bits per heavy atom. The van der Waals surface area contributed by atoms with Gasteiger partial charge in [-0.2, -0.15) is 0 Å². The SMILES string of the molecule is CC[C@H](NC(=O)OCC1c2ccccc2-c2ccccc21)C(=O)NCC1CC(CC(=O)O)C1. The standard InChI is InChI=1S/C26H30N2O5/c1-2-23(25(31)27-14-17-11-16(12-17)13-24(29)30)28-26(32)33-15-22-20-9-5-3-7-18(20)19-8-4-6-10-21(19)22/h3-10,16-17,22-23H,2,11-15H2,1H3,(H,27,31)(H,28,32)(H,29,30)/t16?,17?,23-/m0/s1. The molecule has 2 aliphatic rings. The molecule has 2 aromatic carbocycles. The van der Waals surface area contributed by atoms with E-state index in [1.807, 2.05) is 31.2 Å². The van der Waals surface area contributed by atoms with Gasteiger partial charge in [0.1, 0.15) is 12.6 Å². The summed E-state index contributed by atoms with van der Waals surface area (Å²) in [5, 5.41) is 14.4. The molecule has 3 N–H and O–H groups in total. The Labute approximate surface area is 193 Å². The van der Waals surface area contributed by atoms with Crippen molar-refractivity contribution in [3.8, 4) is 11.1 Å². The van der Waals surface area contributed by atoms with Crippen LogP contribution < -0.4 is 10.6 Å². The number of ether oxygens (including phenoxy) is 1. The maximum absolute atomic E-state index is 12.5. The molecule has 0 unspecified atom stereocenters. The summed E-state index contributed by atoms with van der Waals surface area (Å²) in [7, 11) is 0. The number of carboxylic acids is 1. The number of alkyl carbamates (subject to hydrolysis) is 1. The maximum Gasteiger partial charge on any atom is 0.407 e. The molecule has 7 heteroatoms. The minimum Gasteiger partial charge on any atom is -0.481 e. The fourth-order valence-corrected chi connectivity index (χ4v) is 4.96. The first kappa shape index (κ1) is 22.8. The van der Waals surface area contributed by atoms with Crippen LogP contribution in [0.3, 0.4) is 0 Å². The van der Waals surface area contributed by atoms with E-state index in [4.69, 9.17) is 9.84 Å². The van der Waals surface area contributed by atoms with Gasteiger partial charge in [0, 0.05) is 18.9 Å². The molecule has 0 radical (unpaired) electrons. The van der Waals surface area contributed by atoms with Gasteiger partial charge >= 0.3 is 12.1 Å². The normalized spacial score (nSPS) is 19.5. The van der Waals surface area contributed by atoms with Gasteiger partial charge in [-0.05, 0) is 53.4 Å². The number of carboxylic acid groups (broad SMARTS) is 1. The van der Waals surface area contributed by atoms with Gasteiger partial charge < -0.3 is 20.5 Å². The van der Waals surface area contributed by atoms with E-state index < -0.39 is 18.1 Å². The van der Waals surface area contributed by atoms with Crippen LogP contribution in [-0.2, 0) is 14.3 Å². The number of fused-ring (bicyclic) bond motifs is 3. The van der Waals surface area contributed by atoms with Gasteiger partial charge in [-0.1, -0.05) is 55.5 Å². The van der Waals surface area contributed by atoms with Gasteiger partial charge in [0.2, 0.25) is 5.91 Å². The van der Waals surface area contributed by atoms with Gasteiger partial charge in [-0.25, -0.2) is 4.79 Å². The van der Waals surface area contributed by atoms with Crippen LogP contribution in [0.4, 0.5) is 4.79 Å². The molecule has 174 valence electrons. The number of amides is 2. The van der Waals surface area contributed by atoms with Gasteiger partial charge in [0.25, 0.3) is 0 Å². The summed E-state index contributed by atoms with van der Waals surface area (Å²) < 4.78 is 5.55. The average Bonchev–Trinajstić information content (AvgIpc) is 3.10. The Hall–Kier alpha value is -3.35. The first-order valence-electron chi connectivity index (χ1n) is 11.6. The third-order valence-corrected chi connectivity index (χ3v) is 6.72. The Kier molecular flexibility index (Phi) is 6.96. The third-order valence-electron chi connectivity index (χ3n) is 6.72. The first-order valence-corrected chi connectivity index (χ1v) is 11.6. The summed E-state index contributed by atoms with van der Waals surface area (Å²) >= 11 is 0. The molecule has 2 aliphatic carbocycles. The number of rotatable bonds is 9. The lowest BCUT2D eigenvalue weighted by atomic mass is 9.73. The summed E-state index contributed by atoms with van der Waals surface area (Å²) in [6.07, 6.45) is 1.64. The number of benzene rings is 2. The molecule has 4 rings (SSSR count). The highest BCUT2D eigenvalue weighted by atomic mass is 16.5. The fourth-order valence-electron chi connectivity index (χ4n) is 4.96. The van der Waals surface area contributed by atoms with Crippen molar-refractivity contribution < 1.29 is 24.2 Å². The molecule has 0 heterocycles. The fraction of sp³-hybridized carbons (Fsp3) is 0.423. The Morgan fingerprint density at radius 3 is 2.18 bits per heavy atom. The highest BCUT2D eigenvalue weighted by Crippen LogP contribution is 2.44. The van der Waals surface area contributed by atoms with Crippen molar-refractivity contribution in [3.63, 3.8) is 0 Å². The van der Waals surface area contributed by atoms with Gasteiger partial charge in [-0.15, -0.1) is 0 Å². The lowest BCUT2D eigenvalue weighted by Crippen LogP contribution is -2.48. The number of carbonyl (C=O) groups is 3. The molecule has 1 saturated carbocycles. The monoisotopic (exact) mass is 450 g/mol. The summed E-state index contributed by atoms with van der Waals surface area (Å²) in [6, 6.07) is 15.6. The molecule has 0 aliphatic heterocycles. The molecule has 33 heavy (non-hydrogen) atoms. The van der Waals surface area contributed by atoms with Crippen LogP contribution in [0, 0.1) is 11.8 Å². The Morgan fingerprint density at radius 1 is 1.00 bits per heavy atom. The lowest BCUT2D eigenvalue weighted by molar-refractivity contribution is -0.139. The van der Waals surface area contributed by atoms with E-state index in [0.717, 1.165) is 35.1 Å². The molecule has 7 nitrogen and oxygen atoms in total. The number of nitrogens with one attached hydrogen (secondary N) is 2. The number of aliphatic carboxylic acids is 1. The molecule has 2 amide bonds. The van der Waals surface area contributed by atoms with Crippen molar-refractivity contribution in [3.05, 3.63) is 59.7 Å². The summed E-state index contributed by atoms with van der Waals surface area (Å²) in [4.78, 5) is 35.7. The second-order valence-electron chi connectivity index (χ2n) is 8.98. The molecule has 2 aromatic rings. The molecular formula is C26H30N2O5. The van der Waals surface area contributed by atoms with E-state index in [9.17, 15) is 14.4 Å². The molecule has 0 saturated heterocycles. The van der Waals surface area contributed by atoms with E-state index in [1.54, 1.807) is 0 Å². The molecule has 0 aromatic heterocycles. The molecule has 0 bridgehead atoms. The van der Waals surface area contributed by atoms with Crippen LogP contribution >= 0.6 is 0 Å².